The summed E-state index contributed by atoms with van der Waals surface area (Å²) >= 11 is 5.98. The van der Waals surface area contributed by atoms with Crippen molar-refractivity contribution in [3.05, 3.63) is 82.6 Å². The lowest BCUT2D eigenvalue weighted by atomic mass is 10.1. The molecule has 0 radical (unpaired) electrons. The van der Waals surface area contributed by atoms with Gasteiger partial charge in [0, 0.05) is 32.4 Å². The maximum atomic E-state index is 13.9. The average Bonchev–Trinajstić information content (AvgIpc) is 3.23. The second-order valence-corrected chi connectivity index (χ2v) is 7.24. The van der Waals surface area contributed by atoms with E-state index in [1.807, 2.05) is 0 Å². The van der Waals surface area contributed by atoms with E-state index in [0.29, 0.717) is 31.7 Å². The topological polar surface area (TPSA) is 58.4 Å². The number of piperazine rings is 1. The molecule has 2 heterocycles. The smallest absolute Gasteiger partial charge is 0.257 e. The molecule has 154 valence electrons. The predicted octanol–water partition coefficient (Wildman–Crippen LogP) is 3.40. The van der Waals surface area contributed by atoms with Gasteiger partial charge in [0.05, 0.1) is 22.3 Å². The van der Waals surface area contributed by atoms with Gasteiger partial charge in [0.15, 0.2) is 0 Å². The molecule has 4 rings (SSSR count). The first-order valence-corrected chi connectivity index (χ1v) is 9.65. The summed E-state index contributed by atoms with van der Waals surface area (Å²) in [5, 5.41) is 4.14. The molecule has 3 aromatic rings. The summed E-state index contributed by atoms with van der Waals surface area (Å²) in [6, 6.07) is 9.80. The molecule has 0 atom stereocenters. The largest absolute Gasteiger partial charge is 0.335 e. The molecule has 0 unspecified atom stereocenters. The summed E-state index contributed by atoms with van der Waals surface area (Å²) in [7, 11) is 0. The fourth-order valence-electron chi connectivity index (χ4n) is 3.33. The van der Waals surface area contributed by atoms with Crippen LogP contribution in [-0.2, 0) is 0 Å². The number of aromatic nitrogens is 2. The van der Waals surface area contributed by atoms with E-state index in [4.69, 9.17) is 11.6 Å². The van der Waals surface area contributed by atoms with Gasteiger partial charge in [0.25, 0.3) is 11.8 Å². The Bertz CT molecular complexity index is 1110. The Morgan fingerprint density at radius 1 is 0.933 bits per heavy atom. The number of carbonyl (C=O) groups excluding carboxylic acids is 2. The first-order chi connectivity index (χ1) is 14.4. The van der Waals surface area contributed by atoms with Crippen LogP contribution in [0.3, 0.4) is 0 Å². The monoisotopic (exact) mass is 430 g/mol. The number of carbonyl (C=O) groups is 2. The van der Waals surface area contributed by atoms with Crippen molar-refractivity contribution in [1.82, 2.24) is 19.6 Å². The molecule has 6 nitrogen and oxygen atoms in total. The molecule has 0 bridgehead atoms. The number of nitrogens with zero attached hydrogens (tertiary/aromatic N) is 4. The number of rotatable bonds is 3. The summed E-state index contributed by atoms with van der Waals surface area (Å²) in [5.74, 6) is -1.50. The Balaban J connectivity index is 1.41. The minimum atomic E-state index is -0.511. The van der Waals surface area contributed by atoms with E-state index in [2.05, 4.69) is 5.10 Å². The zero-order valence-corrected chi connectivity index (χ0v) is 16.5. The maximum Gasteiger partial charge on any atom is 0.257 e. The Hall–Kier alpha value is -3.26. The second-order valence-electron chi connectivity index (χ2n) is 6.83. The Kier molecular flexibility index (Phi) is 5.50. The third-order valence-electron chi connectivity index (χ3n) is 4.94. The lowest BCUT2D eigenvalue weighted by Crippen LogP contribution is -2.50. The summed E-state index contributed by atoms with van der Waals surface area (Å²) < 4.78 is 28.4. The van der Waals surface area contributed by atoms with Crippen molar-refractivity contribution >= 4 is 23.4 Å². The van der Waals surface area contributed by atoms with E-state index in [1.54, 1.807) is 28.0 Å². The molecule has 0 N–H and O–H groups in total. The average molecular weight is 431 g/mol. The normalized spacial score (nSPS) is 14.1. The third-order valence-corrected chi connectivity index (χ3v) is 5.26. The molecule has 30 heavy (non-hydrogen) atoms. The number of hydrogen-bond donors (Lipinski definition) is 0. The zero-order valence-electron chi connectivity index (χ0n) is 15.8. The highest BCUT2D eigenvalue weighted by Crippen LogP contribution is 2.20. The van der Waals surface area contributed by atoms with Crippen molar-refractivity contribution in [3.63, 3.8) is 0 Å². The molecule has 1 aliphatic rings. The molecule has 1 aliphatic heterocycles. The van der Waals surface area contributed by atoms with Crippen LogP contribution >= 0.6 is 11.6 Å². The highest BCUT2D eigenvalue weighted by atomic mass is 35.5. The van der Waals surface area contributed by atoms with Gasteiger partial charge in [0.1, 0.15) is 17.3 Å². The zero-order chi connectivity index (χ0) is 21.3. The van der Waals surface area contributed by atoms with Crippen molar-refractivity contribution < 1.29 is 18.4 Å². The molecular weight excluding hydrogens is 414 g/mol. The quantitative estimate of drug-likeness (QED) is 0.640. The van der Waals surface area contributed by atoms with Crippen LogP contribution in [0.5, 0.6) is 0 Å². The van der Waals surface area contributed by atoms with E-state index in [1.165, 1.54) is 35.3 Å². The van der Waals surface area contributed by atoms with E-state index >= 15 is 0 Å². The van der Waals surface area contributed by atoms with Crippen molar-refractivity contribution in [2.24, 2.45) is 0 Å². The van der Waals surface area contributed by atoms with Crippen LogP contribution in [0.2, 0.25) is 5.02 Å². The molecule has 1 fully saturated rings. The van der Waals surface area contributed by atoms with E-state index in [-0.39, 0.29) is 28.1 Å². The molecule has 0 saturated carbocycles. The molecule has 1 saturated heterocycles. The molecule has 9 heteroatoms. The van der Waals surface area contributed by atoms with Crippen LogP contribution in [-0.4, -0.2) is 57.6 Å². The molecule has 0 aliphatic carbocycles. The van der Waals surface area contributed by atoms with Crippen molar-refractivity contribution in [3.8, 4) is 5.69 Å². The van der Waals surface area contributed by atoms with Gasteiger partial charge in [-0.2, -0.15) is 5.10 Å². The van der Waals surface area contributed by atoms with Gasteiger partial charge in [-0.3, -0.25) is 9.59 Å². The van der Waals surface area contributed by atoms with Gasteiger partial charge in [-0.25, -0.2) is 13.5 Å². The second kappa shape index (κ2) is 8.23. The lowest BCUT2D eigenvalue weighted by molar-refractivity contribution is 0.0535. The molecule has 1 aromatic heterocycles. The van der Waals surface area contributed by atoms with Gasteiger partial charge < -0.3 is 9.80 Å². The van der Waals surface area contributed by atoms with Gasteiger partial charge in [-0.15, -0.1) is 0 Å². The minimum absolute atomic E-state index is 0.0547. The first kappa shape index (κ1) is 20.0. The Morgan fingerprint density at radius 3 is 2.27 bits per heavy atom. The lowest BCUT2D eigenvalue weighted by Gasteiger charge is -2.34. The highest BCUT2D eigenvalue weighted by Gasteiger charge is 2.27. The number of hydrogen-bond acceptors (Lipinski definition) is 3. The summed E-state index contributed by atoms with van der Waals surface area (Å²) in [6.07, 6.45) is 2.88. The van der Waals surface area contributed by atoms with Gasteiger partial charge in [-0.05, 0) is 30.3 Å². The van der Waals surface area contributed by atoms with Gasteiger partial charge in [0.2, 0.25) is 0 Å². The molecule has 0 spiro atoms. The SMILES string of the molecule is O=C(c1cnn(-c2ccccc2F)c1)N1CCN(C(=O)c2ccc(F)cc2Cl)CC1. The van der Waals surface area contributed by atoms with Crippen LogP contribution in [0, 0.1) is 11.6 Å². The molecule has 2 amide bonds. The van der Waals surface area contributed by atoms with Crippen LogP contribution in [0.4, 0.5) is 8.78 Å². The Labute approximate surface area is 176 Å². The van der Waals surface area contributed by atoms with Crippen LogP contribution in [0.25, 0.3) is 5.69 Å². The standard InChI is InChI=1S/C21H17ClF2N4O2/c22-17-11-15(23)5-6-16(17)21(30)27-9-7-26(8-10-27)20(29)14-12-25-28(13-14)19-4-2-1-3-18(19)24/h1-6,11-13H,7-10H2. The van der Waals surface area contributed by atoms with E-state index in [0.717, 1.165) is 6.07 Å². The molecule has 2 aromatic carbocycles. The summed E-state index contributed by atoms with van der Waals surface area (Å²) in [6.45, 7) is 1.29. The minimum Gasteiger partial charge on any atom is -0.335 e. The fourth-order valence-corrected chi connectivity index (χ4v) is 3.58. The maximum absolute atomic E-state index is 13.9. The summed E-state index contributed by atoms with van der Waals surface area (Å²) in [4.78, 5) is 28.6. The van der Waals surface area contributed by atoms with Gasteiger partial charge in [-0.1, -0.05) is 23.7 Å². The van der Waals surface area contributed by atoms with E-state index < -0.39 is 11.6 Å². The number of amides is 2. The van der Waals surface area contributed by atoms with Crippen LogP contribution in [0.1, 0.15) is 20.7 Å². The van der Waals surface area contributed by atoms with Crippen molar-refractivity contribution in [2.45, 2.75) is 0 Å². The number of benzene rings is 2. The highest BCUT2D eigenvalue weighted by molar-refractivity contribution is 6.33. The predicted molar refractivity (Wildman–Crippen MR) is 107 cm³/mol. The van der Waals surface area contributed by atoms with Crippen LogP contribution < -0.4 is 0 Å². The number of para-hydroxylation sites is 1. The van der Waals surface area contributed by atoms with Crippen molar-refractivity contribution in [2.75, 3.05) is 26.2 Å². The van der Waals surface area contributed by atoms with Gasteiger partial charge >= 0.3 is 0 Å². The van der Waals surface area contributed by atoms with Crippen molar-refractivity contribution in [1.29, 1.82) is 0 Å². The molecular formula is C21H17ClF2N4O2. The third kappa shape index (κ3) is 3.91. The summed E-state index contributed by atoms with van der Waals surface area (Å²) in [5.41, 5.74) is 0.812. The van der Waals surface area contributed by atoms with E-state index in [9.17, 15) is 18.4 Å². The van der Waals surface area contributed by atoms with Crippen LogP contribution in [0.15, 0.2) is 54.9 Å². The number of halogens is 3. The Morgan fingerprint density at radius 2 is 1.60 bits per heavy atom. The fraction of sp³-hybridized carbons (Fsp3) is 0.190. The first-order valence-electron chi connectivity index (χ1n) is 9.27.